The molecule has 142 valence electrons. The van der Waals surface area contributed by atoms with Crippen molar-refractivity contribution in [3.8, 4) is 0 Å². The first-order valence-electron chi connectivity index (χ1n) is 9.61. The molecule has 1 aliphatic heterocycles. The molecule has 0 saturated carbocycles. The quantitative estimate of drug-likeness (QED) is 0.576. The van der Waals surface area contributed by atoms with Gasteiger partial charge in [0.25, 0.3) is 5.91 Å². The highest BCUT2D eigenvalue weighted by atomic mass is 32.2. The molecule has 4 rings (SSSR count). The van der Waals surface area contributed by atoms with Gasteiger partial charge in [0.2, 0.25) is 0 Å². The van der Waals surface area contributed by atoms with Crippen LogP contribution in [0.2, 0.25) is 0 Å². The summed E-state index contributed by atoms with van der Waals surface area (Å²) in [5.74, 6) is -0.0728. The van der Waals surface area contributed by atoms with Gasteiger partial charge in [0.15, 0.2) is 0 Å². The van der Waals surface area contributed by atoms with E-state index in [1.165, 1.54) is 23.2 Å². The maximum absolute atomic E-state index is 12.6. The highest BCUT2D eigenvalue weighted by Crippen LogP contribution is 2.28. The molecule has 0 spiro atoms. The summed E-state index contributed by atoms with van der Waals surface area (Å²) in [5.41, 5.74) is 5.52. The van der Waals surface area contributed by atoms with Gasteiger partial charge < -0.3 is 10.2 Å². The first-order chi connectivity index (χ1) is 13.7. The summed E-state index contributed by atoms with van der Waals surface area (Å²) in [5, 5.41) is 3.02. The Hall–Kier alpha value is -2.72. The standard InChI is InChI=1S/C24H24N2OS/c1-28-23-11-5-3-9-21(23)25-24(27)20-14-12-18(13-15-20)17-26-16-6-8-19-7-2-4-10-22(19)26/h2-5,7,9-15H,6,8,16-17H2,1H3,(H,25,27). The molecule has 0 fully saturated rings. The molecule has 3 aromatic carbocycles. The van der Waals surface area contributed by atoms with Crippen LogP contribution in [0.5, 0.6) is 0 Å². The second-order valence-electron chi connectivity index (χ2n) is 7.01. The summed E-state index contributed by atoms with van der Waals surface area (Å²) in [6, 6.07) is 24.5. The van der Waals surface area contributed by atoms with Gasteiger partial charge in [-0.05, 0) is 60.6 Å². The van der Waals surface area contributed by atoms with E-state index in [1.807, 2.05) is 42.7 Å². The zero-order valence-electron chi connectivity index (χ0n) is 16.0. The molecule has 0 radical (unpaired) electrons. The van der Waals surface area contributed by atoms with E-state index < -0.39 is 0 Å². The topological polar surface area (TPSA) is 32.3 Å². The lowest BCUT2D eigenvalue weighted by molar-refractivity contribution is 0.102. The smallest absolute Gasteiger partial charge is 0.255 e. The minimum atomic E-state index is -0.0728. The van der Waals surface area contributed by atoms with E-state index in [-0.39, 0.29) is 5.91 Å². The summed E-state index contributed by atoms with van der Waals surface area (Å²) < 4.78 is 0. The van der Waals surface area contributed by atoms with E-state index in [2.05, 4.69) is 46.6 Å². The van der Waals surface area contributed by atoms with Crippen molar-refractivity contribution in [2.24, 2.45) is 0 Å². The van der Waals surface area contributed by atoms with Gasteiger partial charge >= 0.3 is 0 Å². The van der Waals surface area contributed by atoms with E-state index in [0.717, 1.165) is 30.1 Å². The fourth-order valence-corrected chi connectivity index (χ4v) is 4.25. The van der Waals surface area contributed by atoms with Crippen LogP contribution >= 0.6 is 11.8 Å². The normalized spacial score (nSPS) is 13.1. The third-order valence-corrected chi connectivity index (χ3v) is 5.95. The number of carbonyl (C=O) groups is 1. The van der Waals surface area contributed by atoms with E-state index >= 15 is 0 Å². The maximum Gasteiger partial charge on any atom is 0.255 e. The van der Waals surface area contributed by atoms with Crippen molar-refractivity contribution < 1.29 is 4.79 Å². The van der Waals surface area contributed by atoms with Crippen molar-refractivity contribution in [1.82, 2.24) is 0 Å². The van der Waals surface area contributed by atoms with Crippen molar-refractivity contribution in [3.05, 3.63) is 89.5 Å². The van der Waals surface area contributed by atoms with Gasteiger partial charge in [0, 0.05) is 29.2 Å². The molecule has 28 heavy (non-hydrogen) atoms. The number of anilines is 2. The predicted octanol–water partition coefficient (Wildman–Crippen LogP) is 5.61. The molecule has 0 aliphatic carbocycles. The second-order valence-corrected chi connectivity index (χ2v) is 7.85. The monoisotopic (exact) mass is 388 g/mol. The molecule has 1 heterocycles. The van der Waals surface area contributed by atoms with Gasteiger partial charge in [-0.15, -0.1) is 11.8 Å². The number of fused-ring (bicyclic) bond motifs is 1. The average molecular weight is 389 g/mol. The number of amides is 1. The molecule has 1 aliphatic rings. The van der Waals surface area contributed by atoms with Crippen LogP contribution in [0.25, 0.3) is 0 Å². The zero-order chi connectivity index (χ0) is 19.3. The van der Waals surface area contributed by atoms with Crippen molar-refractivity contribution in [3.63, 3.8) is 0 Å². The molecule has 1 N–H and O–H groups in total. The van der Waals surface area contributed by atoms with Crippen LogP contribution in [-0.4, -0.2) is 18.7 Å². The maximum atomic E-state index is 12.6. The first kappa shape index (κ1) is 18.6. The number of rotatable bonds is 5. The van der Waals surface area contributed by atoms with Crippen LogP contribution in [0.15, 0.2) is 77.7 Å². The van der Waals surface area contributed by atoms with Crippen molar-refractivity contribution in [1.29, 1.82) is 0 Å². The number of thioether (sulfide) groups is 1. The van der Waals surface area contributed by atoms with Crippen LogP contribution in [0.4, 0.5) is 11.4 Å². The van der Waals surface area contributed by atoms with Crippen molar-refractivity contribution >= 4 is 29.0 Å². The van der Waals surface area contributed by atoms with Gasteiger partial charge in [-0.25, -0.2) is 0 Å². The van der Waals surface area contributed by atoms with Crippen LogP contribution < -0.4 is 10.2 Å². The number of carbonyl (C=O) groups excluding carboxylic acids is 1. The lowest BCUT2D eigenvalue weighted by Crippen LogP contribution is -2.28. The van der Waals surface area contributed by atoms with Gasteiger partial charge in [-0.2, -0.15) is 0 Å². The molecule has 3 nitrogen and oxygen atoms in total. The van der Waals surface area contributed by atoms with Gasteiger partial charge in [-0.1, -0.05) is 42.5 Å². The Morgan fingerprint density at radius 1 is 1.00 bits per heavy atom. The van der Waals surface area contributed by atoms with E-state index in [0.29, 0.717) is 5.56 Å². The Bertz CT molecular complexity index is 968. The largest absolute Gasteiger partial charge is 0.367 e. The lowest BCUT2D eigenvalue weighted by Gasteiger charge is -2.31. The first-order valence-corrected chi connectivity index (χ1v) is 10.8. The summed E-state index contributed by atoms with van der Waals surface area (Å²) in [7, 11) is 0. The summed E-state index contributed by atoms with van der Waals surface area (Å²) in [6.07, 6.45) is 4.36. The third-order valence-electron chi connectivity index (χ3n) is 5.15. The third kappa shape index (κ3) is 4.07. The number of nitrogens with zero attached hydrogens (tertiary/aromatic N) is 1. The Kier molecular flexibility index (Phi) is 5.68. The Morgan fingerprint density at radius 3 is 2.57 bits per heavy atom. The molecule has 4 heteroatoms. The van der Waals surface area contributed by atoms with Crippen LogP contribution in [0.1, 0.15) is 27.9 Å². The number of nitrogens with one attached hydrogen (secondary N) is 1. The predicted molar refractivity (Wildman–Crippen MR) is 118 cm³/mol. The van der Waals surface area contributed by atoms with Crippen LogP contribution in [0, 0.1) is 0 Å². The molecule has 0 saturated heterocycles. The molecular formula is C24H24N2OS. The summed E-state index contributed by atoms with van der Waals surface area (Å²) >= 11 is 1.63. The minimum absolute atomic E-state index is 0.0728. The fraction of sp³-hybridized carbons (Fsp3) is 0.208. The number of hydrogen-bond acceptors (Lipinski definition) is 3. The fourth-order valence-electron chi connectivity index (χ4n) is 3.70. The molecule has 0 atom stereocenters. The van der Waals surface area contributed by atoms with Crippen LogP contribution in [-0.2, 0) is 13.0 Å². The molecular weight excluding hydrogens is 364 g/mol. The van der Waals surface area contributed by atoms with Crippen molar-refractivity contribution in [2.75, 3.05) is 23.0 Å². The molecule has 1 amide bonds. The van der Waals surface area contributed by atoms with Crippen LogP contribution in [0.3, 0.4) is 0 Å². The number of para-hydroxylation sites is 2. The average Bonchev–Trinajstić information content (AvgIpc) is 2.75. The molecule has 3 aromatic rings. The lowest BCUT2D eigenvalue weighted by atomic mass is 10.0. The highest BCUT2D eigenvalue weighted by Gasteiger charge is 2.16. The van der Waals surface area contributed by atoms with E-state index in [9.17, 15) is 4.79 Å². The van der Waals surface area contributed by atoms with Gasteiger partial charge in [0.05, 0.1) is 5.69 Å². The Labute approximate surface area is 170 Å². The van der Waals surface area contributed by atoms with Gasteiger partial charge in [-0.3, -0.25) is 4.79 Å². The zero-order valence-corrected chi connectivity index (χ0v) is 16.8. The SMILES string of the molecule is CSc1ccccc1NC(=O)c1ccc(CN2CCCc3ccccc32)cc1. The second kappa shape index (κ2) is 8.53. The van der Waals surface area contributed by atoms with Gasteiger partial charge in [0.1, 0.15) is 0 Å². The summed E-state index contributed by atoms with van der Waals surface area (Å²) in [4.78, 5) is 16.1. The number of aryl methyl sites for hydroxylation is 1. The summed E-state index contributed by atoms with van der Waals surface area (Å²) in [6.45, 7) is 1.94. The Morgan fingerprint density at radius 2 is 1.75 bits per heavy atom. The highest BCUT2D eigenvalue weighted by molar-refractivity contribution is 7.98. The number of hydrogen-bond donors (Lipinski definition) is 1. The molecule has 0 aromatic heterocycles. The molecule has 0 bridgehead atoms. The number of benzene rings is 3. The van der Waals surface area contributed by atoms with E-state index in [4.69, 9.17) is 0 Å². The van der Waals surface area contributed by atoms with Crippen molar-refractivity contribution in [2.45, 2.75) is 24.3 Å². The Balaban J connectivity index is 1.45. The molecule has 0 unspecified atom stereocenters. The minimum Gasteiger partial charge on any atom is -0.367 e. The van der Waals surface area contributed by atoms with E-state index in [1.54, 1.807) is 11.8 Å².